The summed E-state index contributed by atoms with van der Waals surface area (Å²) in [6.07, 6.45) is 1.87. The fourth-order valence-corrected chi connectivity index (χ4v) is 2.72. The molecule has 0 saturated carbocycles. The van der Waals surface area contributed by atoms with Crippen molar-refractivity contribution in [1.29, 1.82) is 0 Å². The van der Waals surface area contributed by atoms with E-state index in [2.05, 4.69) is 0 Å². The summed E-state index contributed by atoms with van der Waals surface area (Å²) >= 11 is 0. The number of hydrogen-bond acceptors (Lipinski definition) is 4. The Morgan fingerprint density at radius 1 is 1.43 bits per heavy atom. The van der Waals surface area contributed by atoms with Crippen LogP contribution in [0.2, 0.25) is 0 Å². The summed E-state index contributed by atoms with van der Waals surface area (Å²) in [6, 6.07) is 1.82. The first kappa shape index (κ1) is 15.2. The van der Waals surface area contributed by atoms with Gasteiger partial charge in [-0.15, -0.1) is 0 Å². The third-order valence-electron chi connectivity index (χ3n) is 3.92. The smallest absolute Gasteiger partial charge is 0.338 e. The molecule has 1 aromatic carbocycles. The number of piperidine rings is 1. The van der Waals surface area contributed by atoms with Gasteiger partial charge in [0.15, 0.2) is 0 Å². The van der Waals surface area contributed by atoms with Crippen molar-refractivity contribution in [2.75, 3.05) is 11.4 Å². The van der Waals surface area contributed by atoms with E-state index in [1.807, 2.05) is 13.8 Å². The van der Waals surface area contributed by atoms with Crippen LogP contribution in [-0.4, -0.2) is 28.6 Å². The van der Waals surface area contributed by atoms with Gasteiger partial charge in [-0.1, -0.05) is 6.92 Å². The van der Waals surface area contributed by atoms with Gasteiger partial charge >= 0.3 is 5.97 Å². The Morgan fingerprint density at radius 3 is 2.67 bits per heavy atom. The second-order valence-electron chi connectivity index (χ2n) is 5.57. The number of carbonyl (C=O) groups is 1. The highest BCUT2D eigenvalue weighted by atomic mass is 19.1. The number of rotatable bonds is 3. The van der Waals surface area contributed by atoms with Gasteiger partial charge in [0.2, 0.25) is 0 Å². The lowest BCUT2D eigenvalue weighted by Gasteiger charge is -2.38. The molecule has 7 heteroatoms. The Hall–Kier alpha value is -2.18. The third-order valence-corrected chi connectivity index (χ3v) is 3.92. The lowest BCUT2D eigenvalue weighted by atomic mass is 9.94. The highest BCUT2D eigenvalue weighted by Crippen LogP contribution is 2.36. The summed E-state index contributed by atoms with van der Waals surface area (Å²) in [5.41, 5.74) is -0.752. The van der Waals surface area contributed by atoms with E-state index < -0.39 is 28.0 Å². The lowest BCUT2D eigenvalue weighted by Crippen LogP contribution is -2.41. The SMILES string of the molecule is CC1CCC(C)N(c2cc(C(=O)O)c(F)cc2[N+](=O)[O-])C1. The number of aromatic carboxylic acids is 1. The molecule has 0 bridgehead atoms. The molecule has 1 heterocycles. The predicted molar refractivity (Wildman–Crippen MR) is 75.2 cm³/mol. The Kier molecular flexibility index (Phi) is 4.11. The van der Waals surface area contributed by atoms with Gasteiger partial charge in [-0.25, -0.2) is 9.18 Å². The summed E-state index contributed by atoms with van der Waals surface area (Å²) in [6.45, 7) is 4.55. The summed E-state index contributed by atoms with van der Waals surface area (Å²) in [4.78, 5) is 23.3. The number of carboxylic acid groups (broad SMARTS) is 1. The standard InChI is InChI=1S/C14H17FN2O4/c1-8-3-4-9(2)16(7-8)12-5-10(14(18)19)11(15)6-13(12)17(20)21/h5-6,8-9H,3-4,7H2,1-2H3,(H,18,19). The number of nitro groups is 1. The first-order valence-electron chi connectivity index (χ1n) is 6.79. The minimum Gasteiger partial charge on any atom is -0.478 e. The molecule has 0 aliphatic carbocycles. The Morgan fingerprint density at radius 2 is 2.10 bits per heavy atom. The molecule has 1 aliphatic rings. The summed E-state index contributed by atoms with van der Waals surface area (Å²) in [5.74, 6) is -2.17. The zero-order valence-corrected chi connectivity index (χ0v) is 11.9. The Balaban J connectivity index is 2.56. The van der Waals surface area contributed by atoms with Crippen LogP contribution in [0, 0.1) is 21.8 Å². The molecule has 1 N–H and O–H groups in total. The van der Waals surface area contributed by atoms with Gasteiger partial charge < -0.3 is 10.0 Å². The molecule has 1 fully saturated rings. The van der Waals surface area contributed by atoms with Gasteiger partial charge in [0.05, 0.1) is 16.6 Å². The van der Waals surface area contributed by atoms with E-state index >= 15 is 0 Å². The molecule has 0 aromatic heterocycles. The van der Waals surface area contributed by atoms with Crippen molar-refractivity contribution in [3.63, 3.8) is 0 Å². The second kappa shape index (κ2) is 5.67. The Labute approximate surface area is 121 Å². The van der Waals surface area contributed by atoms with Gasteiger partial charge in [-0.05, 0) is 31.7 Å². The number of nitro benzene ring substituents is 1. The normalized spacial score (nSPS) is 22.1. The van der Waals surface area contributed by atoms with Crippen LogP contribution in [0.3, 0.4) is 0 Å². The molecule has 0 spiro atoms. The highest BCUT2D eigenvalue weighted by Gasteiger charge is 2.30. The highest BCUT2D eigenvalue weighted by molar-refractivity contribution is 5.90. The molecular weight excluding hydrogens is 279 g/mol. The quantitative estimate of drug-likeness (QED) is 0.684. The first-order chi connectivity index (χ1) is 9.81. The molecule has 1 aliphatic heterocycles. The fraction of sp³-hybridized carbons (Fsp3) is 0.500. The summed E-state index contributed by atoms with van der Waals surface area (Å²) in [7, 11) is 0. The molecule has 0 amide bonds. The van der Waals surface area contributed by atoms with Crippen LogP contribution in [0.15, 0.2) is 12.1 Å². The van der Waals surface area contributed by atoms with Crippen molar-refractivity contribution in [3.8, 4) is 0 Å². The van der Waals surface area contributed by atoms with Crippen LogP contribution >= 0.6 is 0 Å². The zero-order valence-electron chi connectivity index (χ0n) is 11.9. The summed E-state index contributed by atoms with van der Waals surface area (Å²) < 4.78 is 13.7. The molecule has 21 heavy (non-hydrogen) atoms. The number of carboxylic acids is 1. The van der Waals surface area contributed by atoms with E-state index in [4.69, 9.17) is 5.11 Å². The molecule has 1 saturated heterocycles. The van der Waals surface area contributed by atoms with Crippen LogP contribution in [0.25, 0.3) is 0 Å². The Bertz CT molecular complexity index is 591. The average molecular weight is 296 g/mol. The van der Waals surface area contributed by atoms with E-state index in [1.165, 1.54) is 0 Å². The van der Waals surface area contributed by atoms with E-state index in [-0.39, 0.29) is 11.7 Å². The average Bonchev–Trinajstić information content (AvgIpc) is 2.41. The monoisotopic (exact) mass is 296 g/mol. The topological polar surface area (TPSA) is 83.7 Å². The molecule has 6 nitrogen and oxygen atoms in total. The maximum Gasteiger partial charge on any atom is 0.338 e. The molecule has 114 valence electrons. The van der Waals surface area contributed by atoms with Crippen molar-refractivity contribution in [3.05, 3.63) is 33.6 Å². The van der Waals surface area contributed by atoms with Crippen molar-refractivity contribution in [2.45, 2.75) is 32.7 Å². The van der Waals surface area contributed by atoms with E-state index in [9.17, 15) is 19.3 Å². The van der Waals surface area contributed by atoms with E-state index in [0.717, 1.165) is 18.9 Å². The minimum absolute atomic E-state index is 0.0482. The molecule has 1 aromatic rings. The second-order valence-corrected chi connectivity index (χ2v) is 5.57. The third kappa shape index (κ3) is 2.96. The van der Waals surface area contributed by atoms with Gasteiger partial charge in [-0.2, -0.15) is 0 Å². The fourth-order valence-electron chi connectivity index (χ4n) is 2.72. The van der Waals surface area contributed by atoms with E-state index in [1.54, 1.807) is 4.90 Å². The predicted octanol–water partition coefficient (Wildman–Crippen LogP) is 3.06. The number of benzene rings is 1. The van der Waals surface area contributed by atoms with Crippen molar-refractivity contribution < 1.29 is 19.2 Å². The van der Waals surface area contributed by atoms with E-state index in [0.29, 0.717) is 18.5 Å². The van der Waals surface area contributed by atoms with Crippen molar-refractivity contribution in [1.82, 2.24) is 0 Å². The van der Waals surface area contributed by atoms with Crippen molar-refractivity contribution in [2.24, 2.45) is 5.92 Å². The summed E-state index contributed by atoms with van der Waals surface area (Å²) in [5, 5.41) is 20.2. The number of halogens is 1. The van der Waals surface area contributed by atoms with Crippen LogP contribution < -0.4 is 4.90 Å². The minimum atomic E-state index is -1.43. The number of hydrogen-bond donors (Lipinski definition) is 1. The van der Waals surface area contributed by atoms with Crippen LogP contribution in [0.1, 0.15) is 37.0 Å². The molecule has 2 rings (SSSR count). The van der Waals surface area contributed by atoms with Gasteiger partial charge in [-0.3, -0.25) is 10.1 Å². The number of anilines is 1. The molecule has 0 radical (unpaired) electrons. The largest absolute Gasteiger partial charge is 0.478 e. The van der Waals surface area contributed by atoms with Crippen LogP contribution in [0.5, 0.6) is 0 Å². The molecule has 2 unspecified atom stereocenters. The lowest BCUT2D eigenvalue weighted by molar-refractivity contribution is -0.384. The first-order valence-corrected chi connectivity index (χ1v) is 6.79. The van der Waals surface area contributed by atoms with Crippen molar-refractivity contribution >= 4 is 17.3 Å². The molecule has 2 atom stereocenters. The molecular formula is C14H17FN2O4. The zero-order chi connectivity index (χ0) is 15.7. The van der Waals surface area contributed by atoms with Gasteiger partial charge in [0.1, 0.15) is 11.5 Å². The van der Waals surface area contributed by atoms with Crippen LogP contribution in [0.4, 0.5) is 15.8 Å². The van der Waals surface area contributed by atoms with Gasteiger partial charge in [0.25, 0.3) is 5.69 Å². The maximum atomic E-state index is 13.7. The van der Waals surface area contributed by atoms with Gasteiger partial charge in [0, 0.05) is 12.6 Å². The number of nitrogens with zero attached hydrogens (tertiary/aromatic N) is 2. The van der Waals surface area contributed by atoms with Crippen LogP contribution in [-0.2, 0) is 0 Å². The maximum absolute atomic E-state index is 13.7.